The average Bonchev–Trinajstić information content (AvgIpc) is 2.78. The molecule has 2 aromatic rings. The van der Waals surface area contributed by atoms with E-state index in [4.69, 9.17) is 16.3 Å². The Labute approximate surface area is 122 Å². The largest absolute Gasteiger partial charge is 0.381 e. The molecule has 3 nitrogen and oxygen atoms in total. The summed E-state index contributed by atoms with van der Waals surface area (Å²) < 4.78 is 21.1. The van der Waals surface area contributed by atoms with Crippen molar-refractivity contribution in [3.63, 3.8) is 0 Å². The van der Waals surface area contributed by atoms with E-state index in [2.05, 4.69) is 9.55 Å². The zero-order chi connectivity index (χ0) is 13.9. The van der Waals surface area contributed by atoms with Gasteiger partial charge in [-0.05, 0) is 31.0 Å². The maximum Gasteiger partial charge on any atom is 0.125 e. The molecule has 0 aliphatic carbocycles. The molecular formula is C15H18ClFN2O. The van der Waals surface area contributed by atoms with E-state index in [0.29, 0.717) is 18.2 Å². The fraction of sp³-hybridized carbons (Fsp3) is 0.533. The van der Waals surface area contributed by atoms with Crippen LogP contribution in [0.2, 0.25) is 0 Å². The fourth-order valence-corrected chi connectivity index (χ4v) is 3.00. The minimum absolute atomic E-state index is 0.226. The molecule has 2 heterocycles. The van der Waals surface area contributed by atoms with Gasteiger partial charge in [0.15, 0.2) is 0 Å². The molecule has 0 radical (unpaired) electrons. The normalized spacial score (nSPS) is 19.6. The van der Waals surface area contributed by atoms with Crippen LogP contribution >= 0.6 is 11.6 Å². The lowest BCUT2D eigenvalue weighted by molar-refractivity contribution is 0.0485. The number of hydrogen-bond donors (Lipinski definition) is 0. The number of halogens is 2. The number of imidazole rings is 1. The predicted molar refractivity (Wildman–Crippen MR) is 77.7 cm³/mol. The van der Waals surface area contributed by atoms with E-state index in [0.717, 1.165) is 49.5 Å². The van der Waals surface area contributed by atoms with Crippen molar-refractivity contribution in [2.75, 3.05) is 19.1 Å². The number of hydrogen-bond acceptors (Lipinski definition) is 2. The maximum absolute atomic E-state index is 13.5. The third kappa shape index (κ3) is 2.81. The quantitative estimate of drug-likeness (QED) is 0.809. The van der Waals surface area contributed by atoms with Gasteiger partial charge in [-0.2, -0.15) is 0 Å². The van der Waals surface area contributed by atoms with Gasteiger partial charge < -0.3 is 9.30 Å². The molecule has 1 aliphatic heterocycles. The number of nitrogens with zero attached hydrogens (tertiary/aromatic N) is 2. The molecule has 1 fully saturated rings. The van der Waals surface area contributed by atoms with Crippen LogP contribution in [0.15, 0.2) is 18.2 Å². The number of aromatic nitrogens is 2. The summed E-state index contributed by atoms with van der Waals surface area (Å²) in [4.78, 5) is 4.58. The van der Waals surface area contributed by atoms with Crippen molar-refractivity contribution in [1.82, 2.24) is 9.55 Å². The summed E-state index contributed by atoms with van der Waals surface area (Å²) >= 11 is 5.86. The average molecular weight is 297 g/mol. The lowest BCUT2D eigenvalue weighted by Gasteiger charge is -2.23. The van der Waals surface area contributed by atoms with Crippen LogP contribution in [0, 0.1) is 11.7 Å². The Kier molecular flexibility index (Phi) is 4.22. The van der Waals surface area contributed by atoms with Crippen molar-refractivity contribution >= 4 is 22.6 Å². The van der Waals surface area contributed by atoms with Crippen molar-refractivity contribution in [3.05, 3.63) is 29.8 Å². The number of ether oxygens (including phenoxy) is 1. The van der Waals surface area contributed by atoms with E-state index in [9.17, 15) is 4.39 Å². The first-order chi connectivity index (χ1) is 9.78. The highest BCUT2D eigenvalue weighted by molar-refractivity contribution is 6.17. The summed E-state index contributed by atoms with van der Waals surface area (Å²) in [7, 11) is 0. The summed E-state index contributed by atoms with van der Waals surface area (Å²) in [5.41, 5.74) is 1.69. The molecule has 0 saturated carbocycles. The van der Waals surface area contributed by atoms with Crippen molar-refractivity contribution in [3.8, 4) is 0 Å². The van der Waals surface area contributed by atoms with Gasteiger partial charge in [-0.1, -0.05) is 0 Å². The SMILES string of the molecule is Fc1ccc2nc(CCCl)n(CC3CCCOC3)c2c1. The summed E-state index contributed by atoms with van der Waals surface area (Å²) in [5.74, 6) is 1.70. The molecule has 5 heteroatoms. The van der Waals surface area contributed by atoms with Gasteiger partial charge in [-0.15, -0.1) is 11.6 Å². The monoisotopic (exact) mass is 296 g/mol. The molecule has 1 aromatic carbocycles. The van der Waals surface area contributed by atoms with E-state index >= 15 is 0 Å². The van der Waals surface area contributed by atoms with E-state index < -0.39 is 0 Å². The third-order valence-electron chi connectivity index (χ3n) is 3.80. The van der Waals surface area contributed by atoms with Gasteiger partial charge in [0.1, 0.15) is 11.6 Å². The van der Waals surface area contributed by atoms with Crippen molar-refractivity contribution in [2.45, 2.75) is 25.8 Å². The lowest BCUT2D eigenvalue weighted by Crippen LogP contribution is -2.23. The van der Waals surface area contributed by atoms with Crippen LogP contribution in [0.3, 0.4) is 0 Å². The molecule has 0 bridgehead atoms. The molecule has 0 amide bonds. The molecule has 1 aliphatic rings. The second-order valence-electron chi connectivity index (χ2n) is 5.29. The molecule has 1 atom stereocenters. The predicted octanol–water partition coefficient (Wildman–Crippen LogP) is 3.38. The van der Waals surface area contributed by atoms with Gasteiger partial charge in [0, 0.05) is 31.4 Å². The number of benzene rings is 1. The van der Waals surface area contributed by atoms with Crippen molar-refractivity contribution in [2.24, 2.45) is 5.92 Å². The summed E-state index contributed by atoms with van der Waals surface area (Å²) in [6.07, 6.45) is 2.94. The minimum atomic E-state index is -0.226. The highest BCUT2D eigenvalue weighted by atomic mass is 35.5. The molecule has 0 spiro atoms. The van der Waals surface area contributed by atoms with Crippen LogP contribution in [0.1, 0.15) is 18.7 Å². The number of fused-ring (bicyclic) bond motifs is 1. The Morgan fingerprint density at radius 3 is 3.10 bits per heavy atom. The molecule has 1 unspecified atom stereocenters. The Morgan fingerprint density at radius 1 is 1.45 bits per heavy atom. The van der Waals surface area contributed by atoms with Crippen LogP contribution in [0.5, 0.6) is 0 Å². The summed E-state index contributed by atoms with van der Waals surface area (Å²) in [6, 6.07) is 4.74. The smallest absolute Gasteiger partial charge is 0.125 e. The first-order valence-electron chi connectivity index (χ1n) is 7.06. The van der Waals surface area contributed by atoms with Crippen LogP contribution in [0.4, 0.5) is 4.39 Å². The van der Waals surface area contributed by atoms with E-state index in [1.165, 1.54) is 6.07 Å². The summed E-state index contributed by atoms with van der Waals surface area (Å²) in [5, 5.41) is 0. The van der Waals surface area contributed by atoms with Crippen molar-refractivity contribution in [1.29, 1.82) is 0 Å². The maximum atomic E-state index is 13.5. The van der Waals surface area contributed by atoms with Crippen LogP contribution in [0.25, 0.3) is 11.0 Å². The van der Waals surface area contributed by atoms with E-state index in [-0.39, 0.29) is 5.82 Å². The van der Waals surface area contributed by atoms with Crippen LogP contribution < -0.4 is 0 Å². The third-order valence-corrected chi connectivity index (χ3v) is 3.99. The Balaban J connectivity index is 1.96. The van der Waals surface area contributed by atoms with Gasteiger partial charge in [0.2, 0.25) is 0 Å². The van der Waals surface area contributed by atoms with Gasteiger partial charge in [-0.25, -0.2) is 9.37 Å². The number of aryl methyl sites for hydroxylation is 1. The fourth-order valence-electron chi connectivity index (χ4n) is 2.83. The van der Waals surface area contributed by atoms with Gasteiger partial charge in [0.25, 0.3) is 0 Å². The van der Waals surface area contributed by atoms with Gasteiger partial charge in [0.05, 0.1) is 17.6 Å². The Hall–Kier alpha value is -1.13. The highest BCUT2D eigenvalue weighted by Gasteiger charge is 2.18. The number of alkyl halides is 1. The standard InChI is InChI=1S/C15H18ClFN2O/c16-6-5-15-18-13-4-3-12(17)8-14(13)19(15)9-11-2-1-7-20-10-11/h3-4,8,11H,1-2,5-7,9-10H2. The van der Waals surface area contributed by atoms with Crippen LogP contribution in [-0.2, 0) is 17.7 Å². The van der Waals surface area contributed by atoms with E-state index in [1.54, 1.807) is 12.1 Å². The minimum Gasteiger partial charge on any atom is -0.381 e. The van der Waals surface area contributed by atoms with Gasteiger partial charge >= 0.3 is 0 Å². The molecule has 1 saturated heterocycles. The molecule has 3 rings (SSSR count). The Bertz CT molecular complexity index is 593. The molecular weight excluding hydrogens is 279 g/mol. The molecule has 0 N–H and O–H groups in total. The van der Waals surface area contributed by atoms with Gasteiger partial charge in [-0.3, -0.25) is 0 Å². The second-order valence-corrected chi connectivity index (χ2v) is 5.67. The zero-order valence-corrected chi connectivity index (χ0v) is 12.1. The number of rotatable bonds is 4. The lowest BCUT2D eigenvalue weighted by atomic mass is 10.0. The topological polar surface area (TPSA) is 27.1 Å². The molecule has 1 aromatic heterocycles. The molecule has 108 valence electrons. The van der Waals surface area contributed by atoms with E-state index in [1.807, 2.05) is 0 Å². The highest BCUT2D eigenvalue weighted by Crippen LogP contribution is 2.23. The van der Waals surface area contributed by atoms with Crippen LogP contribution in [-0.4, -0.2) is 28.6 Å². The summed E-state index contributed by atoms with van der Waals surface area (Å²) in [6.45, 7) is 2.45. The molecule has 20 heavy (non-hydrogen) atoms. The zero-order valence-electron chi connectivity index (χ0n) is 11.3. The van der Waals surface area contributed by atoms with Crippen molar-refractivity contribution < 1.29 is 9.13 Å². The Morgan fingerprint density at radius 2 is 2.35 bits per heavy atom. The second kappa shape index (κ2) is 6.10. The first kappa shape index (κ1) is 13.8. The first-order valence-corrected chi connectivity index (χ1v) is 7.60.